The second kappa shape index (κ2) is 9.77. The third-order valence-electron chi connectivity index (χ3n) is 5.87. The van der Waals surface area contributed by atoms with Gasteiger partial charge in [-0.05, 0) is 56.4 Å². The van der Waals surface area contributed by atoms with Crippen molar-refractivity contribution in [3.05, 3.63) is 24.3 Å². The summed E-state index contributed by atoms with van der Waals surface area (Å²) in [4.78, 5) is 28.6. The SMILES string of the molecule is CC(=O)N(CCC(=O)Nc1ccc(N2CCCCC2)cc1)C1CCCCC1. The summed E-state index contributed by atoms with van der Waals surface area (Å²) in [5.74, 6) is 0.0587. The van der Waals surface area contributed by atoms with Crippen molar-refractivity contribution in [3.63, 3.8) is 0 Å². The molecule has 1 aromatic carbocycles. The maximum absolute atomic E-state index is 12.3. The molecule has 2 fully saturated rings. The molecule has 0 spiro atoms. The van der Waals surface area contributed by atoms with E-state index in [1.807, 2.05) is 17.0 Å². The van der Waals surface area contributed by atoms with E-state index in [1.165, 1.54) is 44.2 Å². The Bertz CT molecular complexity index is 617. The standard InChI is InChI=1S/C22H33N3O2/c1-18(26)25(21-8-4-2-5-9-21)17-14-22(27)23-19-10-12-20(13-11-19)24-15-6-3-7-16-24/h10-13,21H,2-9,14-17H2,1H3,(H,23,27). The van der Waals surface area contributed by atoms with Crippen LogP contribution in [0, 0.1) is 0 Å². The average Bonchev–Trinajstić information content (AvgIpc) is 2.70. The van der Waals surface area contributed by atoms with Gasteiger partial charge in [0.15, 0.2) is 0 Å². The lowest BCUT2D eigenvalue weighted by molar-refractivity contribution is -0.132. The molecule has 1 aliphatic carbocycles. The first-order chi connectivity index (χ1) is 13.1. The number of anilines is 2. The number of nitrogens with zero attached hydrogens (tertiary/aromatic N) is 2. The van der Waals surface area contributed by atoms with E-state index in [-0.39, 0.29) is 11.8 Å². The summed E-state index contributed by atoms with van der Waals surface area (Å²) in [5.41, 5.74) is 2.06. The van der Waals surface area contributed by atoms with Crippen molar-refractivity contribution in [2.45, 2.75) is 70.8 Å². The van der Waals surface area contributed by atoms with Crippen LogP contribution in [0.2, 0.25) is 0 Å². The second-order valence-corrected chi connectivity index (χ2v) is 7.90. The van der Waals surface area contributed by atoms with Gasteiger partial charge in [-0.2, -0.15) is 0 Å². The number of hydrogen-bond donors (Lipinski definition) is 1. The molecule has 3 rings (SSSR count). The number of amides is 2. The van der Waals surface area contributed by atoms with Gasteiger partial charge in [-0.15, -0.1) is 0 Å². The minimum Gasteiger partial charge on any atom is -0.372 e. The lowest BCUT2D eigenvalue weighted by Gasteiger charge is -2.33. The monoisotopic (exact) mass is 371 g/mol. The Balaban J connectivity index is 1.48. The molecule has 0 bridgehead atoms. The molecular weight excluding hydrogens is 338 g/mol. The van der Waals surface area contributed by atoms with Crippen molar-refractivity contribution in [2.75, 3.05) is 29.9 Å². The minimum absolute atomic E-state index is 0.0252. The number of nitrogens with one attached hydrogen (secondary N) is 1. The third kappa shape index (κ3) is 5.72. The molecule has 0 radical (unpaired) electrons. The van der Waals surface area contributed by atoms with Crippen LogP contribution in [-0.4, -0.2) is 42.4 Å². The average molecular weight is 372 g/mol. The normalized spacial score (nSPS) is 18.2. The predicted octanol–water partition coefficient (Wildman–Crippen LogP) is 4.19. The molecule has 5 nitrogen and oxygen atoms in total. The first-order valence-corrected chi connectivity index (χ1v) is 10.6. The summed E-state index contributed by atoms with van der Waals surface area (Å²) in [6, 6.07) is 8.44. The highest BCUT2D eigenvalue weighted by Crippen LogP contribution is 2.24. The van der Waals surface area contributed by atoms with Gasteiger partial charge in [0.05, 0.1) is 0 Å². The van der Waals surface area contributed by atoms with Crippen LogP contribution < -0.4 is 10.2 Å². The molecule has 1 heterocycles. The zero-order valence-electron chi connectivity index (χ0n) is 16.6. The van der Waals surface area contributed by atoms with Crippen LogP contribution in [0.1, 0.15) is 64.7 Å². The molecule has 1 N–H and O–H groups in total. The summed E-state index contributed by atoms with van der Waals surface area (Å²) in [6.07, 6.45) is 9.95. The molecule has 5 heteroatoms. The highest BCUT2D eigenvalue weighted by Gasteiger charge is 2.23. The third-order valence-corrected chi connectivity index (χ3v) is 5.87. The smallest absolute Gasteiger partial charge is 0.226 e. The molecule has 1 aliphatic heterocycles. The zero-order chi connectivity index (χ0) is 19.1. The van der Waals surface area contributed by atoms with Crippen LogP contribution >= 0.6 is 0 Å². The Kier molecular flexibility index (Phi) is 7.13. The molecule has 1 aromatic rings. The van der Waals surface area contributed by atoms with Gasteiger partial charge >= 0.3 is 0 Å². The number of piperidine rings is 1. The Morgan fingerprint density at radius 3 is 2.26 bits per heavy atom. The van der Waals surface area contributed by atoms with E-state index in [0.29, 0.717) is 19.0 Å². The summed E-state index contributed by atoms with van der Waals surface area (Å²) >= 11 is 0. The van der Waals surface area contributed by atoms with Gasteiger partial charge in [0, 0.05) is 50.4 Å². The van der Waals surface area contributed by atoms with Crippen molar-refractivity contribution in [1.82, 2.24) is 4.90 Å². The van der Waals surface area contributed by atoms with Crippen LogP contribution in [0.25, 0.3) is 0 Å². The van der Waals surface area contributed by atoms with Crippen LogP contribution in [0.15, 0.2) is 24.3 Å². The molecule has 0 aromatic heterocycles. The molecule has 2 amide bonds. The fourth-order valence-electron chi connectivity index (χ4n) is 4.34. The quantitative estimate of drug-likeness (QED) is 0.816. The van der Waals surface area contributed by atoms with Gasteiger partial charge in [0.1, 0.15) is 0 Å². The largest absolute Gasteiger partial charge is 0.372 e. The van der Waals surface area contributed by atoms with E-state index in [4.69, 9.17) is 0 Å². The second-order valence-electron chi connectivity index (χ2n) is 7.90. The predicted molar refractivity (Wildman–Crippen MR) is 110 cm³/mol. The van der Waals surface area contributed by atoms with Gasteiger partial charge in [-0.3, -0.25) is 9.59 Å². The molecule has 0 atom stereocenters. The van der Waals surface area contributed by atoms with E-state index in [2.05, 4.69) is 22.3 Å². The van der Waals surface area contributed by atoms with Crippen molar-refractivity contribution in [3.8, 4) is 0 Å². The summed E-state index contributed by atoms with van der Waals surface area (Å²) in [6.45, 7) is 4.37. The van der Waals surface area contributed by atoms with E-state index in [9.17, 15) is 9.59 Å². The first kappa shape index (κ1) is 19.7. The molecule has 0 unspecified atom stereocenters. The van der Waals surface area contributed by atoms with E-state index in [0.717, 1.165) is 31.6 Å². The van der Waals surface area contributed by atoms with Gasteiger partial charge in [-0.25, -0.2) is 0 Å². The van der Waals surface area contributed by atoms with E-state index in [1.54, 1.807) is 6.92 Å². The van der Waals surface area contributed by atoms with Gasteiger partial charge in [0.25, 0.3) is 0 Å². The highest BCUT2D eigenvalue weighted by molar-refractivity contribution is 5.91. The van der Waals surface area contributed by atoms with E-state index >= 15 is 0 Å². The number of benzene rings is 1. The summed E-state index contributed by atoms with van der Waals surface area (Å²) in [7, 11) is 0. The summed E-state index contributed by atoms with van der Waals surface area (Å²) in [5, 5.41) is 2.97. The van der Waals surface area contributed by atoms with Crippen LogP contribution in [0.3, 0.4) is 0 Å². The molecule has 1 saturated carbocycles. The molecule has 148 valence electrons. The van der Waals surface area contributed by atoms with Crippen molar-refractivity contribution >= 4 is 23.2 Å². The lowest BCUT2D eigenvalue weighted by Crippen LogP contribution is -2.41. The molecule has 2 aliphatic rings. The summed E-state index contributed by atoms with van der Waals surface area (Å²) < 4.78 is 0. The number of rotatable bonds is 6. The van der Waals surface area contributed by atoms with Crippen LogP contribution in [0.4, 0.5) is 11.4 Å². The molecular formula is C22H33N3O2. The van der Waals surface area contributed by atoms with Crippen molar-refractivity contribution in [1.29, 1.82) is 0 Å². The Labute approximate surface area is 163 Å². The van der Waals surface area contributed by atoms with Gasteiger partial charge < -0.3 is 15.1 Å². The van der Waals surface area contributed by atoms with Crippen molar-refractivity contribution in [2.24, 2.45) is 0 Å². The Hall–Kier alpha value is -2.04. The number of hydrogen-bond acceptors (Lipinski definition) is 3. The van der Waals surface area contributed by atoms with E-state index < -0.39 is 0 Å². The van der Waals surface area contributed by atoms with Crippen LogP contribution in [0.5, 0.6) is 0 Å². The highest BCUT2D eigenvalue weighted by atomic mass is 16.2. The van der Waals surface area contributed by atoms with Gasteiger partial charge in [-0.1, -0.05) is 19.3 Å². The maximum atomic E-state index is 12.3. The fraction of sp³-hybridized carbons (Fsp3) is 0.636. The maximum Gasteiger partial charge on any atom is 0.226 e. The number of carbonyl (C=O) groups excluding carboxylic acids is 2. The zero-order valence-corrected chi connectivity index (χ0v) is 16.6. The fourth-order valence-corrected chi connectivity index (χ4v) is 4.34. The Morgan fingerprint density at radius 2 is 1.63 bits per heavy atom. The minimum atomic E-state index is -0.0252. The molecule has 1 saturated heterocycles. The first-order valence-electron chi connectivity index (χ1n) is 10.6. The number of carbonyl (C=O) groups is 2. The van der Waals surface area contributed by atoms with Crippen molar-refractivity contribution < 1.29 is 9.59 Å². The van der Waals surface area contributed by atoms with Gasteiger partial charge in [0.2, 0.25) is 11.8 Å². The topological polar surface area (TPSA) is 52.7 Å². The lowest BCUT2D eigenvalue weighted by atomic mass is 9.94. The van der Waals surface area contributed by atoms with Crippen LogP contribution in [-0.2, 0) is 9.59 Å². The molecule has 27 heavy (non-hydrogen) atoms. The Morgan fingerprint density at radius 1 is 1.00 bits per heavy atom.